The van der Waals surface area contributed by atoms with E-state index in [1.807, 2.05) is 6.20 Å². The minimum atomic E-state index is 0.787. The van der Waals surface area contributed by atoms with Crippen molar-refractivity contribution in [2.24, 2.45) is 0 Å². The number of piperidine rings is 2. The molecule has 6 nitrogen and oxygen atoms in total. The van der Waals surface area contributed by atoms with Crippen molar-refractivity contribution in [3.63, 3.8) is 0 Å². The molecule has 0 radical (unpaired) electrons. The van der Waals surface area contributed by atoms with Gasteiger partial charge in [-0.3, -0.25) is 0 Å². The molecule has 4 heterocycles. The molecule has 0 saturated carbocycles. The van der Waals surface area contributed by atoms with Crippen LogP contribution in [0.25, 0.3) is 11.4 Å². The molecule has 128 valence electrons. The zero-order valence-electron chi connectivity index (χ0n) is 14.5. The second-order valence-electron chi connectivity index (χ2n) is 6.93. The first-order valence-electron chi connectivity index (χ1n) is 9.21. The number of anilines is 2. The maximum absolute atomic E-state index is 4.83. The summed E-state index contributed by atoms with van der Waals surface area (Å²) in [5.74, 6) is 2.48. The van der Waals surface area contributed by atoms with E-state index in [0.29, 0.717) is 0 Å². The van der Waals surface area contributed by atoms with Gasteiger partial charge in [-0.2, -0.15) is 15.0 Å². The SMILES string of the molecule is Cc1cc(-c2nc(N3CCCCC3)nc(N3CCCCC3)n2)c[nH]1. The Morgan fingerprint density at radius 2 is 1.33 bits per heavy atom. The Bertz CT molecular complexity index is 646. The molecular formula is C18H26N6. The third-order valence-corrected chi connectivity index (χ3v) is 4.98. The van der Waals surface area contributed by atoms with Gasteiger partial charge in [-0.1, -0.05) is 0 Å². The van der Waals surface area contributed by atoms with E-state index in [1.54, 1.807) is 0 Å². The molecule has 2 aliphatic heterocycles. The Hall–Kier alpha value is -2.11. The van der Waals surface area contributed by atoms with Crippen molar-refractivity contribution in [1.82, 2.24) is 19.9 Å². The van der Waals surface area contributed by atoms with Gasteiger partial charge in [0, 0.05) is 43.6 Å². The van der Waals surface area contributed by atoms with E-state index in [-0.39, 0.29) is 0 Å². The topological polar surface area (TPSA) is 60.9 Å². The number of aromatic nitrogens is 4. The molecule has 0 aliphatic carbocycles. The van der Waals surface area contributed by atoms with E-state index < -0.39 is 0 Å². The summed E-state index contributed by atoms with van der Waals surface area (Å²) in [6.45, 7) is 6.26. The third-order valence-electron chi connectivity index (χ3n) is 4.98. The highest BCUT2D eigenvalue weighted by Gasteiger charge is 2.21. The zero-order valence-corrected chi connectivity index (χ0v) is 14.5. The van der Waals surface area contributed by atoms with Crippen molar-refractivity contribution < 1.29 is 0 Å². The number of aryl methyl sites for hydroxylation is 1. The Kier molecular flexibility index (Phi) is 4.36. The molecule has 2 aliphatic rings. The first-order chi connectivity index (χ1) is 11.8. The van der Waals surface area contributed by atoms with Crippen molar-refractivity contribution in [1.29, 1.82) is 0 Å². The Balaban J connectivity index is 1.71. The van der Waals surface area contributed by atoms with Crippen LogP contribution in [0.3, 0.4) is 0 Å². The van der Waals surface area contributed by atoms with Crippen LogP contribution < -0.4 is 9.80 Å². The lowest BCUT2D eigenvalue weighted by Crippen LogP contribution is -2.34. The monoisotopic (exact) mass is 326 g/mol. The summed E-state index contributed by atoms with van der Waals surface area (Å²) in [6, 6.07) is 2.11. The molecule has 0 amide bonds. The standard InChI is InChI=1S/C18H26N6/c1-14-12-15(13-19-14)16-20-17(23-8-4-2-5-9-23)22-18(21-16)24-10-6-3-7-11-24/h12-13,19H,2-11H2,1H3. The molecule has 0 atom stereocenters. The van der Waals surface area contributed by atoms with Gasteiger partial charge in [0.1, 0.15) is 0 Å². The smallest absolute Gasteiger partial charge is 0.230 e. The third kappa shape index (κ3) is 3.23. The first-order valence-corrected chi connectivity index (χ1v) is 9.21. The lowest BCUT2D eigenvalue weighted by molar-refractivity contribution is 0.556. The van der Waals surface area contributed by atoms with Crippen molar-refractivity contribution in [2.45, 2.75) is 45.4 Å². The molecule has 2 aromatic heterocycles. The predicted molar refractivity (Wildman–Crippen MR) is 96.5 cm³/mol. The first kappa shape index (κ1) is 15.4. The molecule has 0 unspecified atom stereocenters. The number of hydrogen-bond acceptors (Lipinski definition) is 5. The van der Waals surface area contributed by atoms with Crippen LogP contribution in [-0.2, 0) is 0 Å². The summed E-state index contributed by atoms with van der Waals surface area (Å²) in [6.07, 6.45) is 9.51. The highest BCUT2D eigenvalue weighted by atomic mass is 15.3. The quantitative estimate of drug-likeness (QED) is 0.939. The van der Waals surface area contributed by atoms with E-state index in [1.165, 1.54) is 38.5 Å². The van der Waals surface area contributed by atoms with Crippen LogP contribution >= 0.6 is 0 Å². The normalized spacial score (nSPS) is 18.9. The van der Waals surface area contributed by atoms with Gasteiger partial charge in [-0.15, -0.1) is 0 Å². The highest BCUT2D eigenvalue weighted by molar-refractivity contribution is 5.58. The lowest BCUT2D eigenvalue weighted by atomic mass is 10.1. The molecule has 6 heteroatoms. The number of hydrogen-bond donors (Lipinski definition) is 1. The van der Waals surface area contributed by atoms with Gasteiger partial charge in [0.05, 0.1) is 0 Å². The van der Waals surface area contributed by atoms with Crippen LogP contribution in [0.4, 0.5) is 11.9 Å². The second-order valence-corrected chi connectivity index (χ2v) is 6.93. The molecular weight excluding hydrogens is 300 g/mol. The maximum Gasteiger partial charge on any atom is 0.230 e. The number of nitrogens with zero attached hydrogens (tertiary/aromatic N) is 5. The van der Waals surface area contributed by atoms with Gasteiger partial charge >= 0.3 is 0 Å². The van der Waals surface area contributed by atoms with Crippen molar-refractivity contribution in [3.8, 4) is 11.4 Å². The average molecular weight is 326 g/mol. The van der Waals surface area contributed by atoms with Gasteiger partial charge in [0.25, 0.3) is 0 Å². The van der Waals surface area contributed by atoms with Gasteiger partial charge in [-0.05, 0) is 51.5 Å². The summed E-state index contributed by atoms with van der Waals surface area (Å²) in [5, 5.41) is 0. The van der Waals surface area contributed by atoms with Crippen molar-refractivity contribution in [3.05, 3.63) is 18.0 Å². The molecule has 0 spiro atoms. The number of rotatable bonds is 3. The molecule has 2 fully saturated rings. The lowest BCUT2D eigenvalue weighted by Gasteiger charge is -2.30. The van der Waals surface area contributed by atoms with E-state index in [0.717, 1.165) is 55.2 Å². The average Bonchev–Trinajstić information content (AvgIpc) is 3.09. The predicted octanol–water partition coefficient (Wildman–Crippen LogP) is 3.16. The number of aromatic amines is 1. The van der Waals surface area contributed by atoms with Gasteiger partial charge < -0.3 is 14.8 Å². The molecule has 4 rings (SSSR count). The molecule has 24 heavy (non-hydrogen) atoms. The van der Waals surface area contributed by atoms with Gasteiger partial charge in [0.2, 0.25) is 11.9 Å². The van der Waals surface area contributed by atoms with Crippen LogP contribution in [0.5, 0.6) is 0 Å². The number of H-pyrrole nitrogens is 1. The Labute approximate surface area is 143 Å². The molecule has 0 bridgehead atoms. The summed E-state index contributed by atoms with van der Waals surface area (Å²) in [7, 11) is 0. The van der Waals surface area contributed by atoms with Crippen LogP contribution in [0.15, 0.2) is 12.3 Å². The molecule has 2 aromatic rings. The minimum absolute atomic E-state index is 0.787. The molecule has 2 saturated heterocycles. The van der Waals surface area contributed by atoms with Crippen molar-refractivity contribution in [2.75, 3.05) is 36.0 Å². The van der Waals surface area contributed by atoms with Crippen LogP contribution in [0.1, 0.15) is 44.2 Å². The fourth-order valence-corrected chi connectivity index (χ4v) is 3.59. The summed E-state index contributed by atoms with van der Waals surface area (Å²) < 4.78 is 0. The molecule has 0 aromatic carbocycles. The highest BCUT2D eigenvalue weighted by Crippen LogP contribution is 2.25. The van der Waals surface area contributed by atoms with Crippen LogP contribution in [0, 0.1) is 6.92 Å². The largest absolute Gasteiger partial charge is 0.364 e. The van der Waals surface area contributed by atoms with Crippen LogP contribution in [-0.4, -0.2) is 46.1 Å². The maximum atomic E-state index is 4.83. The van der Waals surface area contributed by atoms with E-state index >= 15 is 0 Å². The van der Waals surface area contributed by atoms with E-state index in [4.69, 9.17) is 15.0 Å². The Morgan fingerprint density at radius 1 is 0.792 bits per heavy atom. The fourth-order valence-electron chi connectivity index (χ4n) is 3.59. The molecule has 1 N–H and O–H groups in total. The second kappa shape index (κ2) is 6.79. The van der Waals surface area contributed by atoms with Gasteiger partial charge in [0.15, 0.2) is 5.82 Å². The summed E-state index contributed by atoms with van der Waals surface area (Å²) in [5.41, 5.74) is 2.18. The minimum Gasteiger partial charge on any atom is -0.364 e. The van der Waals surface area contributed by atoms with Crippen LogP contribution in [0.2, 0.25) is 0 Å². The summed E-state index contributed by atoms with van der Waals surface area (Å²) >= 11 is 0. The number of nitrogens with one attached hydrogen (secondary N) is 1. The zero-order chi connectivity index (χ0) is 16.4. The van der Waals surface area contributed by atoms with E-state index in [9.17, 15) is 0 Å². The fraction of sp³-hybridized carbons (Fsp3) is 0.611. The van der Waals surface area contributed by atoms with Gasteiger partial charge in [-0.25, -0.2) is 0 Å². The Morgan fingerprint density at radius 3 is 1.79 bits per heavy atom. The van der Waals surface area contributed by atoms with Crippen molar-refractivity contribution >= 4 is 11.9 Å². The summed E-state index contributed by atoms with van der Waals surface area (Å²) in [4.78, 5) is 22.3. The van der Waals surface area contributed by atoms with E-state index in [2.05, 4.69) is 27.8 Å².